The van der Waals surface area contributed by atoms with Gasteiger partial charge >= 0.3 is 5.97 Å². The van der Waals surface area contributed by atoms with Crippen LogP contribution in [0, 0.1) is 11.3 Å². The molecule has 0 saturated carbocycles. The molecule has 0 fully saturated rings. The molecular weight excluding hydrogens is 336 g/mol. The number of nitrogen functional groups attached to an aromatic ring is 1. The molecule has 1 aromatic heterocycles. The van der Waals surface area contributed by atoms with E-state index >= 15 is 0 Å². The fraction of sp³-hybridized carbons (Fsp3) is 0.158. The van der Waals surface area contributed by atoms with Crippen molar-refractivity contribution in [2.45, 2.75) is 13.5 Å². The number of carbonyl (C=O) groups excluding carboxylic acids is 1. The van der Waals surface area contributed by atoms with E-state index in [0.717, 1.165) is 27.7 Å². The Morgan fingerprint density at radius 3 is 2.76 bits per heavy atom. The van der Waals surface area contributed by atoms with Crippen LogP contribution in [-0.4, -0.2) is 12.6 Å². The Morgan fingerprint density at radius 2 is 2.00 bits per heavy atom. The SMILES string of the molecule is CCOC(=O)c1sc(OCc2cccc3ccccc23)c(C#N)c1N. The maximum Gasteiger partial charge on any atom is 0.350 e. The lowest BCUT2D eigenvalue weighted by molar-refractivity contribution is 0.0533. The standard InChI is InChI=1S/C19H16N2O3S/c1-2-23-18(22)17-16(21)15(10-20)19(25-17)24-11-13-8-5-7-12-6-3-4-9-14(12)13/h3-9H,2,11,21H2,1H3. The van der Waals surface area contributed by atoms with E-state index in [1.54, 1.807) is 6.92 Å². The van der Waals surface area contributed by atoms with Gasteiger partial charge in [-0.2, -0.15) is 5.26 Å². The van der Waals surface area contributed by atoms with Crippen LogP contribution in [0.2, 0.25) is 0 Å². The van der Waals surface area contributed by atoms with E-state index in [1.807, 2.05) is 48.5 Å². The second kappa shape index (κ2) is 7.24. The number of hydrogen-bond acceptors (Lipinski definition) is 6. The molecule has 0 radical (unpaired) electrons. The lowest BCUT2D eigenvalue weighted by Gasteiger charge is -2.08. The molecule has 0 amide bonds. The molecule has 0 bridgehead atoms. The van der Waals surface area contributed by atoms with Crippen molar-refractivity contribution in [1.29, 1.82) is 5.26 Å². The van der Waals surface area contributed by atoms with Gasteiger partial charge in [-0.25, -0.2) is 4.79 Å². The predicted molar refractivity (Wildman–Crippen MR) is 97.7 cm³/mol. The van der Waals surface area contributed by atoms with Crippen molar-refractivity contribution in [2.75, 3.05) is 12.3 Å². The van der Waals surface area contributed by atoms with E-state index < -0.39 is 5.97 Å². The molecule has 0 aliphatic carbocycles. The van der Waals surface area contributed by atoms with E-state index in [4.69, 9.17) is 15.2 Å². The summed E-state index contributed by atoms with van der Waals surface area (Å²) in [7, 11) is 0. The Hall–Kier alpha value is -3.04. The first-order chi connectivity index (χ1) is 12.2. The van der Waals surface area contributed by atoms with Crippen molar-refractivity contribution in [3.05, 3.63) is 58.5 Å². The Morgan fingerprint density at radius 1 is 1.24 bits per heavy atom. The summed E-state index contributed by atoms with van der Waals surface area (Å²) in [5.74, 6) is -0.540. The van der Waals surface area contributed by atoms with Gasteiger partial charge in [-0.1, -0.05) is 53.8 Å². The van der Waals surface area contributed by atoms with Gasteiger partial charge < -0.3 is 15.2 Å². The number of hydrogen-bond donors (Lipinski definition) is 1. The van der Waals surface area contributed by atoms with Gasteiger partial charge in [0.05, 0.1) is 12.3 Å². The molecule has 2 N–H and O–H groups in total. The van der Waals surface area contributed by atoms with E-state index in [9.17, 15) is 10.1 Å². The van der Waals surface area contributed by atoms with Gasteiger partial charge in [0.25, 0.3) is 0 Å². The maximum absolute atomic E-state index is 11.9. The van der Waals surface area contributed by atoms with Gasteiger partial charge in [0.15, 0.2) is 5.06 Å². The molecule has 126 valence electrons. The highest BCUT2D eigenvalue weighted by Crippen LogP contribution is 2.38. The molecule has 3 rings (SSSR count). The third kappa shape index (κ3) is 3.28. The van der Waals surface area contributed by atoms with Gasteiger partial charge in [0.2, 0.25) is 0 Å². The quantitative estimate of drug-likeness (QED) is 0.698. The first-order valence-corrected chi connectivity index (χ1v) is 8.56. The minimum absolute atomic E-state index is 0.110. The topological polar surface area (TPSA) is 85.3 Å². The van der Waals surface area contributed by atoms with Gasteiger partial charge in [0, 0.05) is 0 Å². The molecular formula is C19H16N2O3S. The highest BCUT2D eigenvalue weighted by atomic mass is 32.1. The molecule has 5 nitrogen and oxygen atoms in total. The number of carbonyl (C=O) groups is 1. The summed E-state index contributed by atoms with van der Waals surface area (Å²) in [6.45, 7) is 2.23. The van der Waals surface area contributed by atoms with Crippen molar-refractivity contribution >= 4 is 33.8 Å². The second-order valence-corrected chi connectivity index (χ2v) is 6.25. The monoisotopic (exact) mass is 352 g/mol. The van der Waals surface area contributed by atoms with E-state index in [-0.39, 0.29) is 29.3 Å². The molecule has 0 unspecified atom stereocenters. The van der Waals surface area contributed by atoms with Crippen LogP contribution >= 0.6 is 11.3 Å². The first-order valence-electron chi connectivity index (χ1n) is 7.74. The minimum Gasteiger partial charge on any atom is -0.478 e. The summed E-state index contributed by atoms with van der Waals surface area (Å²) < 4.78 is 10.8. The molecule has 0 aliphatic heterocycles. The summed E-state index contributed by atoms with van der Waals surface area (Å²) in [5, 5.41) is 11.9. The lowest BCUT2D eigenvalue weighted by atomic mass is 10.1. The summed E-state index contributed by atoms with van der Waals surface area (Å²) in [5.41, 5.74) is 7.19. The zero-order valence-corrected chi connectivity index (χ0v) is 14.4. The summed E-state index contributed by atoms with van der Waals surface area (Å²) in [4.78, 5) is 12.1. The largest absolute Gasteiger partial charge is 0.478 e. The number of nitriles is 1. The molecule has 25 heavy (non-hydrogen) atoms. The molecule has 0 atom stereocenters. The van der Waals surface area contributed by atoms with Crippen molar-refractivity contribution < 1.29 is 14.3 Å². The number of nitrogens with two attached hydrogens (primary N) is 1. The zero-order chi connectivity index (χ0) is 17.8. The van der Waals surface area contributed by atoms with Crippen LogP contribution in [0.4, 0.5) is 5.69 Å². The first kappa shape index (κ1) is 16.8. The van der Waals surface area contributed by atoms with Crippen LogP contribution in [-0.2, 0) is 11.3 Å². The minimum atomic E-state index is -0.540. The van der Waals surface area contributed by atoms with Crippen LogP contribution in [0.15, 0.2) is 42.5 Å². The molecule has 3 aromatic rings. The molecule has 0 spiro atoms. The second-order valence-electron chi connectivity index (χ2n) is 5.27. The molecule has 1 heterocycles. The number of fused-ring (bicyclic) bond motifs is 1. The third-order valence-electron chi connectivity index (χ3n) is 3.72. The zero-order valence-electron chi connectivity index (χ0n) is 13.6. The van der Waals surface area contributed by atoms with Crippen LogP contribution in [0.5, 0.6) is 5.06 Å². The summed E-state index contributed by atoms with van der Waals surface area (Å²) in [6, 6.07) is 16.0. The third-order valence-corrected chi connectivity index (χ3v) is 4.82. The number of anilines is 1. The van der Waals surface area contributed by atoms with Crippen LogP contribution in [0.3, 0.4) is 0 Å². The number of rotatable bonds is 5. The van der Waals surface area contributed by atoms with Crippen LogP contribution in [0.1, 0.15) is 27.7 Å². The number of thiophene rings is 1. The highest BCUT2D eigenvalue weighted by molar-refractivity contribution is 7.16. The van der Waals surface area contributed by atoms with Crippen LogP contribution in [0.25, 0.3) is 10.8 Å². The van der Waals surface area contributed by atoms with E-state index in [0.29, 0.717) is 5.06 Å². The Labute approximate surface area is 149 Å². The van der Waals surface area contributed by atoms with Crippen molar-refractivity contribution in [1.82, 2.24) is 0 Å². The number of ether oxygens (including phenoxy) is 2. The van der Waals surface area contributed by atoms with Gasteiger partial charge in [0.1, 0.15) is 23.1 Å². The van der Waals surface area contributed by atoms with Gasteiger partial charge in [-0.3, -0.25) is 0 Å². The predicted octanol–water partition coefficient (Wildman–Crippen LogP) is 4.11. The Kier molecular flexibility index (Phi) is 4.87. The normalized spacial score (nSPS) is 10.4. The molecule has 0 aliphatic rings. The lowest BCUT2D eigenvalue weighted by Crippen LogP contribution is -2.05. The number of benzene rings is 2. The van der Waals surface area contributed by atoms with Gasteiger partial charge in [-0.15, -0.1) is 0 Å². The molecule has 0 saturated heterocycles. The average Bonchev–Trinajstić information content (AvgIpc) is 2.95. The van der Waals surface area contributed by atoms with Crippen molar-refractivity contribution in [2.24, 2.45) is 0 Å². The number of esters is 1. The number of nitrogens with zero attached hydrogens (tertiary/aromatic N) is 1. The molecule has 6 heteroatoms. The Bertz CT molecular complexity index is 967. The van der Waals surface area contributed by atoms with Crippen molar-refractivity contribution in [3.63, 3.8) is 0 Å². The van der Waals surface area contributed by atoms with E-state index in [1.165, 1.54) is 0 Å². The van der Waals surface area contributed by atoms with Crippen molar-refractivity contribution in [3.8, 4) is 11.1 Å². The smallest absolute Gasteiger partial charge is 0.350 e. The van der Waals surface area contributed by atoms with Crippen LogP contribution < -0.4 is 10.5 Å². The fourth-order valence-corrected chi connectivity index (χ4v) is 3.45. The van der Waals surface area contributed by atoms with Gasteiger partial charge in [-0.05, 0) is 23.3 Å². The fourth-order valence-electron chi connectivity index (χ4n) is 2.54. The molecule has 2 aromatic carbocycles. The highest BCUT2D eigenvalue weighted by Gasteiger charge is 2.23. The summed E-state index contributed by atoms with van der Waals surface area (Å²) in [6.07, 6.45) is 0. The van der Waals surface area contributed by atoms with E-state index in [2.05, 4.69) is 0 Å². The summed E-state index contributed by atoms with van der Waals surface area (Å²) >= 11 is 1.04. The maximum atomic E-state index is 11.9. The Balaban J connectivity index is 1.89. The average molecular weight is 352 g/mol.